The summed E-state index contributed by atoms with van der Waals surface area (Å²) in [6.07, 6.45) is -5.86. The number of halogens is 4. The largest absolute Gasteiger partial charge is 0.396 e. The normalized spacial score (nSPS) is 13.1. The van der Waals surface area contributed by atoms with E-state index >= 15 is 0 Å². The summed E-state index contributed by atoms with van der Waals surface area (Å²) in [5, 5.41) is 3.98. The summed E-state index contributed by atoms with van der Waals surface area (Å²) >= 11 is 0. The van der Waals surface area contributed by atoms with E-state index in [0.29, 0.717) is 0 Å². The van der Waals surface area contributed by atoms with Crippen LogP contribution in [0, 0.1) is 0 Å². The fraction of sp³-hybridized carbons (Fsp3) is 0.500. The van der Waals surface area contributed by atoms with Gasteiger partial charge in [-0.25, -0.2) is 13.4 Å². The first-order valence-electron chi connectivity index (χ1n) is 3.11. The van der Waals surface area contributed by atoms with E-state index in [9.17, 15) is 21.6 Å². The molecule has 14 heavy (non-hydrogen) atoms. The molecule has 80 valence electrons. The van der Waals surface area contributed by atoms with Gasteiger partial charge in [-0.2, -0.15) is 13.2 Å². The van der Waals surface area contributed by atoms with Gasteiger partial charge in [-0.05, 0) is 0 Å². The number of alkyl halides is 3. The molecule has 0 aliphatic heterocycles. The molecule has 0 aliphatic carbocycles. The Morgan fingerprint density at radius 1 is 1.43 bits per heavy atom. The van der Waals surface area contributed by atoms with Crippen molar-refractivity contribution < 1.29 is 21.6 Å². The first kappa shape index (κ1) is 11.2. The summed E-state index contributed by atoms with van der Waals surface area (Å²) in [7, 11) is 0.603. The highest BCUT2D eigenvalue weighted by Gasteiger charge is 2.30. The summed E-state index contributed by atoms with van der Waals surface area (Å²) in [6.45, 7) is 0. The first-order chi connectivity index (χ1) is 6.18. The first-order valence-corrected chi connectivity index (χ1v) is 5.42. The molecule has 1 heterocycles. The van der Waals surface area contributed by atoms with Crippen LogP contribution in [0.15, 0.2) is 5.16 Å². The monoisotopic (exact) mass is 249 g/mol. The van der Waals surface area contributed by atoms with Crippen molar-refractivity contribution in [3.63, 3.8) is 0 Å². The van der Waals surface area contributed by atoms with Crippen LogP contribution in [0.25, 0.3) is 0 Å². The van der Waals surface area contributed by atoms with Crippen LogP contribution in [-0.2, 0) is 15.5 Å². The Kier molecular flexibility index (Phi) is 2.72. The molecule has 0 saturated carbocycles. The highest BCUT2D eigenvalue weighted by Crippen LogP contribution is 2.19. The van der Waals surface area contributed by atoms with Crippen LogP contribution in [0.4, 0.5) is 13.2 Å². The molecular formula is C4H3ClF3N3O2S. The molecule has 0 atom stereocenters. The van der Waals surface area contributed by atoms with Crippen LogP contribution >= 0.6 is 10.7 Å². The van der Waals surface area contributed by atoms with E-state index < -0.39 is 32.6 Å². The quantitative estimate of drug-likeness (QED) is 0.788. The van der Waals surface area contributed by atoms with Gasteiger partial charge in [0.1, 0.15) is 12.2 Å². The minimum absolute atomic E-state index is 0.600. The fourth-order valence-electron chi connectivity index (χ4n) is 0.656. The Labute approximate surface area is 80.7 Å². The van der Waals surface area contributed by atoms with Gasteiger partial charge in [-0.1, -0.05) is 0 Å². The Hall–Kier alpha value is -0.830. The summed E-state index contributed by atoms with van der Waals surface area (Å²) in [6, 6.07) is 0. The third-order valence-corrected chi connectivity index (χ3v) is 2.13. The van der Waals surface area contributed by atoms with Gasteiger partial charge in [0.05, 0.1) is 0 Å². The Bertz CT molecular complexity index is 425. The molecule has 10 heteroatoms. The van der Waals surface area contributed by atoms with E-state index in [-0.39, 0.29) is 0 Å². The third kappa shape index (κ3) is 3.14. The zero-order valence-corrected chi connectivity index (χ0v) is 7.91. The fourth-order valence-corrected chi connectivity index (χ4v) is 1.24. The molecule has 1 aromatic heterocycles. The zero-order valence-electron chi connectivity index (χ0n) is 6.34. The highest BCUT2D eigenvalue weighted by molar-refractivity contribution is 8.13. The lowest BCUT2D eigenvalue weighted by Gasteiger charge is -2.00. The van der Waals surface area contributed by atoms with Crippen molar-refractivity contribution in [2.75, 3.05) is 0 Å². The second-order valence-electron chi connectivity index (χ2n) is 2.29. The molecule has 1 rings (SSSR count). The van der Waals surface area contributed by atoms with Gasteiger partial charge in [0, 0.05) is 10.7 Å². The molecule has 0 saturated heterocycles. The molecule has 0 radical (unpaired) electrons. The molecule has 5 nitrogen and oxygen atoms in total. The summed E-state index contributed by atoms with van der Waals surface area (Å²) in [5.41, 5.74) is 0. The SMILES string of the molecule is O=S(=O)(Cl)c1n[nH]c(CC(F)(F)F)n1. The Morgan fingerprint density at radius 2 is 2.00 bits per heavy atom. The maximum Gasteiger partial charge on any atom is 0.396 e. The van der Waals surface area contributed by atoms with E-state index in [0.717, 1.165) is 0 Å². The van der Waals surface area contributed by atoms with Gasteiger partial charge in [-0.15, -0.1) is 5.10 Å². The zero-order chi connectivity index (χ0) is 11.0. The van der Waals surface area contributed by atoms with Gasteiger partial charge in [0.25, 0.3) is 14.2 Å². The molecule has 0 fully saturated rings. The average molecular weight is 250 g/mol. The number of hydrogen-bond donors (Lipinski definition) is 1. The van der Waals surface area contributed by atoms with Crippen molar-refractivity contribution in [1.29, 1.82) is 0 Å². The van der Waals surface area contributed by atoms with E-state index in [1.165, 1.54) is 0 Å². The van der Waals surface area contributed by atoms with Gasteiger partial charge < -0.3 is 0 Å². The number of aromatic amines is 1. The summed E-state index contributed by atoms with van der Waals surface area (Å²) < 4.78 is 56.4. The van der Waals surface area contributed by atoms with Gasteiger partial charge in [0.2, 0.25) is 0 Å². The molecule has 0 unspecified atom stereocenters. The van der Waals surface area contributed by atoms with E-state index in [4.69, 9.17) is 10.7 Å². The maximum absolute atomic E-state index is 11.8. The smallest absolute Gasteiger partial charge is 0.262 e. The summed E-state index contributed by atoms with van der Waals surface area (Å²) in [4.78, 5) is 3.06. The minimum Gasteiger partial charge on any atom is -0.262 e. The second-order valence-corrected chi connectivity index (χ2v) is 4.75. The molecule has 0 aliphatic rings. The molecule has 1 aromatic rings. The number of H-pyrrole nitrogens is 1. The van der Waals surface area contributed by atoms with Crippen LogP contribution in [0.2, 0.25) is 0 Å². The number of nitrogens with one attached hydrogen (secondary N) is 1. The Morgan fingerprint density at radius 3 is 2.36 bits per heavy atom. The topological polar surface area (TPSA) is 75.7 Å². The highest BCUT2D eigenvalue weighted by atomic mass is 35.7. The van der Waals surface area contributed by atoms with Crippen LogP contribution in [0.5, 0.6) is 0 Å². The van der Waals surface area contributed by atoms with Gasteiger partial charge in [-0.3, -0.25) is 5.10 Å². The third-order valence-electron chi connectivity index (χ3n) is 1.10. The van der Waals surface area contributed by atoms with E-state index in [1.54, 1.807) is 0 Å². The predicted octanol–water partition coefficient (Wildman–Crippen LogP) is 0.837. The van der Waals surface area contributed by atoms with E-state index in [1.807, 2.05) is 5.10 Å². The molecule has 0 aromatic carbocycles. The maximum atomic E-state index is 11.8. The summed E-state index contributed by atoms with van der Waals surface area (Å²) in [5.74, 6) is -0.600. The van der Waals surface area contributed by atoms with Crippen molar-refractivity contribution in [2.24, 2.45) is 0 Å². The number of aromatic nitrogens is 3. The number of nitrogens with zero attached hydrogens (tertiary/aromatic N) is 2. The van der Waals surface area contributed by atoms with Crippen LogP contribution < -0.4 is 0 Å². The number of hydrogen-bond acceptors (Lipinski definition) is 4. The molecule has 0 amide bonds. The van der Waals surface area contributed by atoms with Gasteiger partial charge >= 0.3 is 6.18 Å². The standard InChI is InChI=1S/C4H3ClF3N3O2S/c5-14(12,13)3-9-2(10-11-3)1-4(6,7)8/h1H2,(H,9,10,11). The van der Waals surface area contributed by atoms with Crippen molar-refractivity contribution in [3.8, 4) is 0 Å². The predicted molar refractivity (Wildman–Crippen MR) is 39.2 cm³/mol. The number of rotatable bonds is 2. The van der Waals surface area contributed by atoms with Crippen molar-refractivity contribution in [3.05, 3.63) is 5.82 Å². The lowest BCUT2D eigenvalue weighted by atomic mass is 10.4. The van der Waals surface area contributed by atoms with Gasteiger partial charge in [0.15, 0.2) is 0 Å². The average Bonchev–Trinajstić information content (AvgIpc) is 2.29. The van der Waals surface area contributed by atoms with Crippen LogP contribution in [-0.4, -0.2) is 29.8 Å². The van der Waals surface area contributed by atoms with Crippen LogP contribution in [0.1, 0.15) is 5.82 Å². The second kappa shape index (κ2) is 3.39. The van der Waals surface area contributed by atoms with E-state index in [2.05, 4.69) is 10.1 Å². The van der Waals surface area contributed by atoms with Crippen molar-refractivity contribution in [1.82, 2.24) is 15.2 Å². The molecule has 0 spiro atoms. The molecule has 0 bridgehead atoms. The lowest BCUT2D eigenvalue weighted by molar-refractivity contribution is -0.128. The van der Waals surface area contributed by atoms with Crippen LogP contribution in [0.3, 0.4) is 0 Å². The Balaban J connectivity index is 2.90. The lowest BCUT2D eigenvalue weighted by Crippen LogP contribution is -2.12. The molecule has 1 N–H and O–H groups in total. The van der Waals surface area contributed by atoms with Crippen molar-refractivity contribution >= 4 is 19.7 Å². The van der Waals surface area contributed by atoms with Crippen molar-refractivity contribution in [2.45, 2.75) is 17.8 Å². The molecular weight excluding hydrogens is 247 g/mol. The minimum atomic E-state index is -4.48.